The number of nitrogens with one attached hydrogen (secondary N) is 5. The second-order valence-electron chi connectivity index (χ2n) is 11.2. The predicted molar refractivity (Wildman–Crippen MR) is 175 cm³/mol. The van der Waals surface area contributed by atoms with E-state index in [1.54, 1.807) is 0 Å². The first-order chi connectivity index (χ1) is 20.6. The molecule has 210 valence electrons. The van der Waals surface area contributed by atoms with Crippen molar-refractivity contribution in [3.8, 4) is 0 Å². The van der Waals surface area contributed by atoms with E-state index in [0.717, 1.165) is 82.7 Å². The molecule has 3 aliphatic rings. The topological polar surface area (TPSA) is 110 Å². The van der Waals surface area contributed by atoms with Crippen molar-refractivity contribution in [2.75, 3.05) is 28.8 Å². The summed E-state index contributed by atoms with van der Waals surface area (Å²) >= 11 is 0. The molecule has 0 radical (unpaired) electrons. The summed E-state index contributed by atoms with van der Waals surface area (Å²) in [6.07, 6.45) is 4.29. The molecule has 42 heavy (non-hydrogen) atoms. The van der Waals surface area contributed by atoms with Crippen LogP contribution in [0, 0.1) is 0 Å². The second-order valence-corrected chi connectivity index (χ2v) is 11.2. The zero-order chi connectivity index (χ0) is 28.8. The van der Waals surface area contributed by atoms with Gasteiger partial charge >= 0.3 is 14.2 Å². The zero-order valence-electron chi connectivity index (χ0n) is 24.0. The van der Waals surface area contributed by atoms with E-state index in [4.69, 9.17) is 4.90 Å². The summed E-state index contributed by atoms with van der Waals surface area (Å²) in [7, 11) is -0.502. The van der Waals surface area contributed by atoms with Crippen molar-refractivity contribution >= 4 is 69.8 Å². The van der Waals surface area contributed by atoms with Crippen LogP contribution < -0.4 is 36.7 Å². The highest BCUT2D eigenvalue weighted by atomic mass is 16.3. The second kappa shape index (κ2) is 10.9. The largest absolute Gasteiger partial charge is 0.506 e. The third-order valence-corrected chi connectivity index (χ3v) is 8.42. The molecule has 0 aromatic heterocycles. The van der Waals surface area contributed by atoms with E-state index in [2.05, 4.69) is 52.1 Å². The summed E-state index contributed by atoms with van der Waals surface area (Å²) in [4.78, 5) is 19.0. The normalized spacial score (nSPS) is 16.7. The minimum atomic E-state index is -0.311. The van der Waals surface area contributed by atoms with Crippen LogP contribution in [0.5, 0.6) is 0 Å². The maximum Gasteiger partial charge on any atom is 0.484 e. The van der Waals surface area contributed by atoms with Crippen molar-refractivity contribution in [2.24, 2.45) is 4.90 Å². The van der Waals surface area contributed by atoms with Gasteiger partial charge in [-0.05, 0) is 48.8 Å². The van der Waals surface area contributed by atoms with Gasteiger partial charge in [0.1, 0.15) is 5.76 Å². The minimum absolute atomic E-state index is 0.0150. The number of allylic oxidation sites excluding steroid dienone is 2. The number of Topliss-reactive ketones (excluding diaryl/α,β-unsaturated/α-hetero) is 1. The van der Waals surface area contributed by atoms with Crippen LogP contribution >= 0.6 is 0 Å². The molecule has 0 saturated heterocycles. The number of ketones is 1. The van der Waals surface area contributed by atoms with Gasteiger partial charge in [-0.15, -0.1) is 0 Å². The lowest BCUT2D eigenvalue weighted by Gasteiger charge is -2.31. The van der Waals surface area contributed by atoms with Gasteiger partial charge in [-0.3, -0.25) is 9.70 Å². The first-order valence-electron chi connectivity index (χ1n) is 15.0. The molecule has 1 aliphatic carbocycles. The van der Waals surface area contributed by atoms with Crippen molar-refractivity contribution in [3.63, 3.8) is 0 Å². The Hall–Kier alpha value is -4.27. The summed E-state index contributed by atoms with van der Waals surface area (Å²) in [5.74, 6) is -0.157. The molecule has 10 heteroatoms. The van der Waals surface area contributed by atoms with Gasteiger partial charge in [-0.25, -0.2) is 0 Å². The van der Waals surface area contributed by atoms with Crippen LogP contribution in [0.15, 0.2) is 71.3 Å². The van der Waals surface area contributed by atoms with Gasteiger partial charge in [0.25, 0.3) is 0 Å². The van der Waals surface area contributed by atoms with Gasteiger partial charge in [0.2, 0.25) is 5.78 Å². The van der Waals surface area contributed by atoms with Gasteiger partial charge < -0.3 is 31.2 Å². The first-order valence-corrected chi connectivity index (χ1v) is 15.0. The van der Waals surface area contributed by atoms with Crippen molar-refractivity contribution in [2.45, 2.75) is 39.5 Å². The number of rotatable bonds is 9. The Morgan fingerprint density at radius 2 is 1.48 bits per heavy atom. The Balaban J connectivity index is 1.37. The summed E-state index contributed by atoms with van der Waals surface area (Å²) in [5.41, 5.74) is 4.17. The fourth-order valence-electron chi connectivity index (χ4n) is 6.26. The third-order valence-electron chi connectivity index (χ3n) is 8.42. The molecule has 0 amide bonds. The van der Waals surface area contributed by atoms with E-state index in [-0.39, 0.29) is 25.8 Å². The van der Waals surface area contributed by atoms with Crippen molar-refractivity contribution < 1.29 is 9.90 Å². The zero-order valence-corrected chi connectivity index (χ0v) is 24.0. The Morgan fingerprint density at radius 1 is 0.786 bits per heavy atom. The van der Waals surface area contributed by atoms with Crippen LogP contribution in [-0.4, -0.2) is 38.2 Å². The van der Waals surface area contributed by atoms with E-state index < -0.39 is 0 Å². The van der Waals surface area contributed by atoms with Crippen LogP contribution in [0.1, 0.15) is 45.1 Å². The Bertz CT molecular complexity index is 1910. The molecule has 2 aliphatic heterocycles. The molecule has 8 nitrogen and oxygen atoms in total. The number of anilines is 3. The molecule has 0 saturated carbocycles. The average Bonchev–Trinajstić information content (AvgIpc) is 3.00. The summed E-state index contributed by atoms with van der Waals surface area (Å²) < 4.78 is 0. The number of carbonyl (C=O) groups excluding carboxylic acids is 1. The number of hydrogen-bond acceptors (Lipinski definition) is 8. The van der Waals surface area contributed by atoms with E-state index in [9.17, 15) is 9.90 Å². The van der Waals surface area contributed by atoms with Gasteiger partial charge in [-0.2, -0.15) is 0 Å². The van der Waals surface area contributed by atoms with Crippen LogP contribution in [0.25, 0.3) is 32.7 Å². The van der Waals surface area contributed by atoms with Crippen molar-refractivity contribution in [3.05, 3.63) is 82.6 Å². The number of nitrogens with zero attached hydrogens (tertiary/aromatic N) is 1. The highest BCUT2D eigenvalue weighted by molar-refractivity contribution is 6.66. The molecule has 2 heterocycles. The van der Waals surface area contributed by atoms with E-state index in [0.29, 0.717) is 21.9 Å². The smallest absolute Gasteiger partial charge is 0.484 e. The molecule has 0 unspecified atom stereocenters. The number of unbranched alkanes of at least 4 members (excludes halogenated alkanes) is 2. The molecular weight excluding hydrogens is 522 g/mol. The SMILES string of the molecule is CCCCNB1N=c2/c(=C3/C(=O)C(c4ccc5cccc6c5c4NB(NCCCC)N6)=C3O)ccc3cccc(c23)N1. The number of carbonyl (C=O) groups is 1. The quantitative estimate of drug-likeness (QED) is 0.135. The predicted octanol–water partition coefficient (Wildman–Crippen LogP) is 4.33. The molecule has 0 atom stereocenters. The monoisotopic (exact) mass is 556 g/mol. The van der Waals surface area contributed by atoms with E-state index >= 15 is 0 Å². The van der Waals surface area contributed by atoms with Crippen LogP contribution in [0.4, 0.5) is 17.1 Å². The molecule has 6 N–H and O–H groups in total. The van der Waals surface area contributed by atoms with Crippen LogP contribution in [0.2, 0.25) is 0 Å². The standard InChI is InChI=1S/C32H34B2N6O2/c1-3-5-17-35-33-37-23-11-7-9-19-13-15-21(29(39-33)25(19)23)27-31(41)28(32(27)42)22-16-14-20-10-8-12-24-26(20)30(22)40-34(38-24)36-18-6-4-2/h7-16,35-39,41H,3-6,17-18H2,1-2H3/b28-22+. The molecule has 4 aromatic carbocycles. The molecule has 4 aromatic rings. The Morgan fingerprint density at radius 3 is 2.21 bits per heavy atom. The number of benzene rings is 4. The fraction of sp³-hybridized carbons (Fsp3) is 0.250. The summed E-state index contributed by atoms with van der Waals surface area (Å²) in [6, 6.07) is 20.1. The lowest BCUT2D eigenvalue weighted by molar-refractivity contribution is -0.109. The maximum atomic E-state index is 14.0. The molecule has 0 bridgehead atoms. The number of aliphatic hydroxyl groups excluding tert-OH is 1. The Kier molecular flexibility index (Phi) is 6.88. The highest BCUT2D eigenvalue weighted by Crippen LogP contribution is 2.44. The van der Waals surface area contributed by atoms with Gasteiger partial charge in [-0.1, -0.05) is 75.2 Å². The third kappa shape index (κ3) is 4.33. The lowest BCUT2D eigenvalue weighted by Crippen LogP contribution is -2.50. The average molecular weight is 556 g/mol. The van der Waals surface area contributed by atoms with Crippen molar-refractivity contribution in [1.29, 1.82) is 0 Å². The van der Waals surface area contributed by atoms with Crippen molar-refractivity contribution in [1.82, 2.24) is 10.5 Å². The number of aliphatic hydroxyl groups is 1. The summed E-state index contributed by atoms with van der Waals surface area (Å²) in [6.45, 7) is 6.02. The first kappa shape index (κ1) is 26.6. The van der Waals surface area contributed by atoms with E-state index in [1.165, 1.54) is 0 Å². The minimum Gasteiger partial charge on any atom is -0.506 e. The molecular formula is C32H34B2N6O2. The van der Waals surface area contributed by atoms with E-state index in [1.807, 2.05) is 48.5 Å². The van der Waals surface area contributed by atoms with Crippen LogP contribution in [-0.2, 0) is 4.79 Å². The molecule has 0 spiro atoms. The molecule has 0 fully saturated rings. The maximum absolute atomic E-state index is 14.0. The van der Waals surface area contributed by atoms with Gasteiger partial charge in [0, 0.05) is 38.6 Å². The Labute approximate surface area is 245 Å². The van der Waals surface area contributed by atoms with Crippen LogP contribution in [0.3, 0.4) is 0 Å². The summed E-state index contributed by atoms with van der Waals surface area (Å²) in [5, 5.41) is 34.6. The highest BCUT2D eigenvalue weighted by Gasteiger charge is 2.39. The fourth-order valence-corrected chi connectivity index (χ4v) is 6.26. The van der Waals surface area contributed by atoms with Gasteiger partial charge in [0.05, 0.1) is 16.5 Å². The number of hydrogen-bond donors (Lipinski definition) is 6. The molecule has 7 rings (SSSR count). The lowest BCUT2D eigenvalue weighted by atomic mass is 9.78. The van der Waals surface area contributed by atoms with Gasteiger partial charge in [0.15, 0.2) is 0 Å².